The number of fused-ring (bicyclic) bond motifs is 4. The maximum absolute atomic E-state index is 5.88. The van der Waals surface area contributed by atoms with Gasteiger partial charge in [-0.1, -0.05) is 55.4 Å². The van der Waals surface area contributed by atoms with Gasteiger partial charge in [0, 0.05) is 55.8 Å². The molecule has 2 aliphatic rings. The molecule has 0 unspecified atom stereocenters. The molecular formula is C38H44Br2N2O6S2. The molecule has 0 aliphatic carbocycles. The minimum atomic E-state index is 0.506. The number of hydrogen-bond donors (Lipinski definition) is 0. The summed E-state index contributed by atoms with van der Waals surface area (Å²) in [5.74, 6) is 1.68. The van der Waals surface area contributed by atoms with E-state index in [1.54, 1.807) is 26.0 Å². The molecule has 268 valence electrons. The molecule has 8 nitrogen and oxygen atoms in total. The molecule has 0 amide bonds. The quantitative estimate of drug-likeness (QED) is 0.102. The lowest BCUT2D eigenvalue weighted by Crippen LogP contribution is -2.20. The standard InChI is InChI=1S/C24H33NO6S.C14H11Br2NS/c1-4-25-21-7-5-19(30-15-13-28-11-9-26-2)17-23(21)32-24-18-20(6-8-22(24)25)31-16-14-29-12-10-27-3;1-2-17-11-5-3-9(15)7-13(11)18-14-8-10(16)4-6-12(14)17/h5-8,17-18H,4,9-16H2,1-3H3;3-8H,2H2,1H3. The molecule has 4 aromatic rings. The van der Waals surface area contributed by atoms with E-state index >= 15 is 0 Å². The highest BCUT2D eigenvalue weighted by atomic mass is 79.9. The van der Waals surface area contributed by atoms with E-state index in [1.807, 2.05) is 23.9 Å². The molecule has 2 heterocycles. The number of rotatable bonds is 16. The monoisotopic (exact) mass is 846 g/mol. The molecule has 0 atom stereocenters. The van der Waals surface area contributed by atoms with Crippen LogP contribution in [-0.4, -0.2) is 80.2 Å². The van der Waals surface area contributed by atoms with Crippen LogP contribution in [0.2, 0.25) is 0 Å². The number of halogens is 2. The Kier molecular flexibility index (Phi) is 15.5. The fourth-order valence-electron chi connectivity index (χ4n) is 5.47. The molecule has 6 rings (SSSR count). The second-order valence-electron chi connectivity index (χ2n) is 11.1. The maximum Gasteiger partial charge on any atom is 0.120 e. The van der Waals surface area contributed by atoms with Crippen molar-refractivity contribution >= 4 is 78.1 Å². The van der Waals surface area contributed by atoms with Crippen LogP contribution in [0.1, 0.15) is 13.8 Å². The van der Waals surface area contributed by atoms with E-state index in [0.29, 0.717) is 52.9 Å². The first-order chi connectivity index (χ1) is 24.4. The number of methoxy groups -OCH3 is 2. The molecular weight excluding hydrogens is 804 g/mol. The van der Waals surface area contributed by atoms with E-state index < -0.39 is 0 Å². The van der Waals surface area contributed by atoms with Crippen LogP contribution >= 0.6 is 55.4 Å². The van der Waals surface area contributed by atoms with Gasteiger partial charge in [0.2, 0.25) is 0 Å². The Hall–Kier alpha value is -2.42. The van der Waals surface area contributed by atoms with Crippen molar-refractivity contribution in [3.63, 3.8) is 0 Å². The molecule has 4 aromatic carbocycles. The Morgan fingerprint density at radius 3 is 1.22 bits per heavy atom. The summed E-state index contributed by atoms with van der Waals surface area (Å²) in [6, 6.07) is 25.4. The van der Waals surface area contributed by atoms with Crippen LogP contribution in [0.25, 0.3) is 0 Å². The van der Waals surface area contributed by atoms with E-state index in [4.69, 9.17) is 28.4 Å². The minimum absolute atomic E-state index is 0.506. The van der Waals surface area contributed by atoms with E-state index in [9.17, 15) is 0 Å². The van der Waals surface area contributed by atoms with Crippen molar-refractivity contribution in [2.24, 2.45) is 0 Å². The van der Waals surface area contributed by atoms with Gasteiger partial charge in [-0.05, 0) is 86.6 Å². The van der Waals surface area contributed by atoms with E-state index in [1.165, 1.54) is 32.5 Å². The second-order valence-corrected chi connectivity index (χ2v) is 15.1. The average molecular weight is 849 g/mol. The smallest absolute Gasteiger partial charge is 0.120 e. The average Bonchev–Trinajstić information content (AvgIpc) is 3.12. The van der Waals surface area contributed by atoms with Crippen LogP contribution in [0.15, 0.2) is 101 Å². The first kappa shape index (κ1) is 38.8. The summed E-state index contributed by atoms with van der Waals surface area (Å²) in [7, 11) is 3.33. The predicted molar refractivity (Wildman–Crippen MR) is 211 cm³/mol. The molecule has 2 aliphatic heterocycles. The zero-order chi connectivity index (χ0) is 35.3. The minimum Gasteiger partial charge on any atom is -0.491 e. The van der Waals surface area contributed by atoms with E-state index in [0.717, 1.165) is 43.3 Å². The van der Waals surface area contributed by atoms with Crippen molar-refractivity contribution in [3.8, 4) is 11.5 Å². The van der Waals surface area contributed by atoms with Gasteiger partial charge >= 0.3 is 0 Å². The SMILES string of the molecule is CCN1c2ccc(Br)cc2Sc2cc(Br)ccc21.CCN1c2ccc(OCCOCCOC)cc2Sc2cc(OCCOCCOC)ccc21. The maximum atomic E-state index is 5.88. The fourth-order valence-corrected chi connectivity index (χ4v) is 8.82. The molecule has 0 bridgehead atoms. The van der Waals surface area contributed by atoms with Gasteiger partial charge in [0.25, 0.3) is 0 Å². The summed E-state index contributed by atoms with van der Waals surface area (Å²) < 4.78 is 34.9. The first-order valence-electron chi connectivity index (χ1n) is 16.6. The number of hydrogen-bond acceptors (Lipinski definition) is 10. The van der Waals surface area contributed by atoms with Crippen LogP contribution in [0.3, 0.4) is 0 Å². The van der Waals surface area contributed by atoms with Crippen LogP contribution < -0.4 is 19.3 Å². The highest BCUT2D eigenvalue weighted by Crippen LogP contribution is 2.51. The van der Waals surface area contributed by atoms with Crippen molar-refractivity contribution < 1.29 is 28.4 Å². The van der Waals surface area contributed by atoms with Gasteiger partial charge in [-0.25, -0.2) is 0 Å². The number of anilines is 4. The third-order valence-corrected chi connectivity index (χ3v) is 11.0. The van der Waals surface area contributed by atoms with Gasteiger partial charge in [-0.15, -0.1) is 0 Å². The summed E-state index contributed by atoms with van der Waals surface area (Å²) >= 11 is 10.7. The molecule has 0 aromatic heterocycles. The van der Waals surface area contributed by atoms with E-state index in [2.05, 4.69) is 116 Å². The summed E-state index contributed by atoms with van der Waals surface area (Å²) in [6.07, 6.45) is 0. The largest absolute Gasteiger partial charge is 0.491 e. The van der Waals surface area contributed by atoms with Crippen molar-refractivity contribution in [2.45, 2.75) is 33.4 Å². The summed E-state index contributed by atoms with van der Waals surface area (Å²) in [6.45, 7) is 10.6. The Bertz CT molecular complexity index is 1580. The summed E-state index contributed by atoms with van der Waals surface area (Å²) in [5.41, 5.74) is 4.96. The van der Waals surface area contributed by atoms with Crippen molar-refractivity contribution in [1.29, 1.82) is 0 Å². The van der Waals surface area contributed by atoms with E-state index in [-0.39, 0.29) is 0 Å². The number of ether oxygens (including phenoxy) is 6. The Morgan fingerprint density at radius 1 is 0.480 bits per heavy atom. The van der Waals surface area contributed by atoms with Gasteiger partial charge in [0.1, 0.15) is 24.7 Å². The van der Waals surface area contributed by atoms with Crippen molar-refractivity contribution in [3.05, 3.63) is 81.7 Å². The highest BCUT2D eigenvalue weighted by molar-refractivity contribution is 9.10. The lowest BCUT2D eigenvalue weighted by molar-refractivity contribution is 0.0544. The van der Waals surface area contributed by atoms with Gasteiger partial charge in [-0.2, -0.15) is 0 Å². The topological polar surface area (TPSA) is 61.9 Å². The molecule has 0 saturated heterocycles. The third kappa shape index (κ3) is 10.3. The number of benzene rings is 4. The molecule has 0 fully saturated rings. The Labute approximate surface area is 321 Å². The lowest BCUT2D eigenvalue weighted by atomic mass is 10.2. The Morgan fingerprint density at radius 2 is 0.840 bits per heavy atom. The molecule has 0 N–H and O–H groups in total. The van der Waals surface area contributed by atoms with Crippen LogP contribution in [0.4, 0.5) is 22.7 Å². The third-order valence-electron chi connectivity index (χ3n) is 7.80. The fraction of sp³-hybridized carbons (Fsp3) is 0.368. The molecule has 0 radical (unpaired) electrons. The lowest BCUT2D eigenvalue weighted by Gasteiger charge is -2.32. The molecule has 0 saturated carbocycles. The van der Waals surface area contributed by atoms with Crippen LogP contribution in [-0.2, 0) is 18.9 Å². The zero-order valence-electron chi connectivity index (χ0n) is 28.9. The van der Waals surface area contributed by atoms with Crippen molar-refractivity contribution in [2.75, 3.05) is 90.0 Å². The predicted octanol–water partition coefficient (Wildman–Crippen LogP) is 10.2. The highest BCUT2D eigenvalue weighted by Gasteiger charge is 2.24. The molecule has 0 spiro atoms. The van der Waals surface area contributed by atoms with Gasteiger partial charge in [0.05, 0.1) is 62.4 Å². The second kappa shape index (κ2) is 20.0. The molecule has 50 heavy (non-hydrogen) atoms. The normalized spacial score (nSPS) is 12.7. The van der Waals surface area contributed by atoms with Crippen LogP contribution in [0, 0.1) is 0 Å². The van der Waals surface area contributed by atoms with Crippen LogP contribution in [0.5, 0.6) is 11.5 Å². The van der Waals surface area contributed by atoms with Crippen molar-refractivity contribution in [1.82, 2.24) is 0 Å². The van der Waals surface area contributed by atoms with Gasteiger partial charge in [0.15, 0.2) is 0 Å². The Balaban J connectivity index is 0.000000226. The summed E-state index contributed by atoms with van der Waals surface area (Å²) in [4.78, 5) is 9.61. The summed E-state index contributed by atoms with van der Waals surface area (Å²) in [5, 5.41) is 0. The zero-order valence-corrected chi connectivity index (χ0v) is 33.7. The van der Waals surface area contributed by atoms with Gasteiger partial charge < -0.3 is 38.2 Å². The first-order valence-corrected chi connectivity index (χ1v) is 19.8. The van der Waals surface area contributed by atoms with Gasteiger partial charge in [-0.3, -0.25) is 0 Å². The number of nitrogens with zero attached hydrogens (tertiary/aromatic N) is 2. The molecule has 12 heteroatoms.